The van der Waals surface area contributed by atoms with E-state index >= 15 is 0 Å². The lowest BCUT2D eigenvalue weighted by Gasteiger charge is -2.33. The summed E-state index contributed by atoms with van der Waals surface area (Å²) in [5, 5.41) is 18.0. The Hall–Kier alpha value is -1.60. The molecule has 1 aromatic heterocycles. The first-order valence-electron chi connectivity index (χ1n) is 5.55. The highest BCUT2D eigenvalue weighted by Gasteiger charge is 2.41. The summed E-state index contributed by atoms with van der Waals surface area (Å²) in [5.74, 6) is -1.02. The summed E-state index contributed by atoms with van der Waals surface area (Å²) >= 11 is 1.45. The highest BCUT2D eigenvalue weighted by atomic mass is 32.1. The van der Waals surface area contributed by atoms with Gasteiger partial charge in [-0.05, 0) is 11.4 Å². The summed E-state index contributed by atoms with van der Waals surface area (Å²) in [6, 6.07) is 1.25. The molecule has 2 heterocycles. The quantitative estimate of drug-likeness (QED) is 0.776. The number of hydrogen-bond acceptors (Lipinski definition) is 4. The molecule has 0 bridgehead atoms. The topological polar surface area (TPSA) is 87.7 Å². The first-order chi connectivity index (χ1) is 8.62. The molecule has 2 rings (SSSR count). The average molecular weight is 270 g/mol. The molecule has 7 heteroatoms. The van der Waals surface area contributed by atoms with Crippen molar-refractivity contribution in [1.29, 1.82) is 0 Å². The van der Waals surface area contributed by atoms with E-state index in [1.807, 2.05) is 5.38 Å². The van der Waals surface area contributed by atoms with Gasteiger partial charge in [0.05, 0.1) is 5.69 Å². The van der Waals surface area contributed by atoms with Gasteiger partial charge < -0.3 is 20.5 Å². The zero-order chi connectivity index (χ0) is 13.0. The third kappa shape index (κ3) is 2.80. The van der Waals surface area contributed by atoms with Crippen molar-refractivity contribution >= 4 is 29.0 Å². The summed E-state index contributed by atoms with van der Waals surface area (Å²) in [4.78, 5) is 23.1. The second-order valence-corrected chi connectivity index (χ2v) is 4.87. The van der Waals surface area contributed by atoms with Crippen LogP contribution < -0.4 is 10.6 Å². The highest BCUT2D eigenvalue weighted by molar-refractivity contribution is 7.08. The van der Waals surface area contributed by atoms with Gasteiger partial charge in [-0.2, -0.15) is 11.3 Å². The summed E-state index contributed by atoms with van der Waals surface area (Å²) in [6.45, 7) is 0.677. The number of thiophene rings is 1. The molecule has 1 saturated heterocycles. The van der Waals surface area contributed by atoms with Crippen LogP contribution in [-0.2, 0) is 9.53 Å². The van der Waals surface area contributed by atoms with Gasteiger partial charge >= 0.3 is 12.0 Å². The van der Waals surface area contributed by atoms with Crippen molar-refractivity contribution in [2.24, 2.45) is 0 Å². The van der Waals surface area contributed by atoms with Crippen LogP contribution in [0.25, 0.3) is 0 Å². The molecule has 3 N–H and O–H groups in total. The van der Waals surface area contributed by atoms with Gasteiger partial charge in [-0.1, -0.05) is 0 Å². The Labute approximate surface area is 108 Å². The number of ether oxygens (including phenoxy) is 1. The van der Waals surface area contributed by atoms with E-state index in [4.69, 9.17) is 4.74 Å². The van der Waals surface area contributed by atoms with Gasteiger partial charge in [0.25, 0.3) is 0 Å². The standard InChI is InChI=1S/C11H14N2O4S/c14-9(15)11(2-4-17-5-3-11)13-10(16)12-8-1-6-18-7-8/h1,6-7H,2-5H2,(H,14,15)(H2,12,13,16). The van der Waals surface area contributed by atoms with E-state index in [0.717, 1.165) is 0 Å². The van der Waals surface area contributed by atoms with Crippen LogP contribution in [0.1, 0.15) is 12.8 Å². The average Bonchev–Trinajstić information content (AvgIpc) is 2.82. The van der Waals surface area contributed by atoms with Gasteiger partial charge in [0.2, 0.25) is 0 Å². The fourth-order valence-corrected chi connectivity index (χ4v) is 2.42. The van der Waals surface area contributed by atoms with E-state index in [2.05, 4.69) is 10.6 Å². The van der Waals surface area contributed by atoms with Crippen LogP contribution in [0.5, 0.6) is 0 Å². The van der Waals surface area contributed by atoms with E-state index < -0.39 is 17.5 Å². The number of carbonyl (C=O) groups excluding carboxylic acids is 1. The number of carboxylic acids is 1. The normalized spacial score (nSPS) is 18.0. The molecule has 0 unspecified atom stereocenters. The number of hydrogen-bond donors (Lipinski definition) is 3. The van der Waals surface area contributed by atoms with Crippen molar-refractivity contribution in [1.82, 2.24) is 5.32 Å². The number of urea groups is 1. The SMILES string of the molecule is O=C(Nc1ccsc1)NC1(C(=O)O)CCOCC1. The number of aliphatic carboxylic acids is 1. The maximum atomic E-state index is 11.8. The molecule has 2 amide bonds. The van der Waals surface area contributed by atoms with Crippen molar-refractivity contribution in [2.45, 2.75) is 18.4 Å². The van der Waals surface area contributed by atoms with Gasteiger partial charge in [-0.3, -0.25) is 0 Å². The third-order valence-electron chi connectivity index (χ3n) is 2.89. The Morgan fingerprint density at radius 3 is 2.67 bits per heavy atom. The highest BCUT2D eigenvalue weighted by Crippen LogP contribution is 2.21. The van der Waals surface area contributed by atoms with Gasteiger partial charge in [0.1, 0.15) is 5.54 Å². The summed E-state index contributed by atoms with van der Waals surface area (Å²) in [5.41, 5.74) is -0.566. The number of amides is 2. The van der Waals surface area contributed by atoms with Crippen molar-refractivity contribution in [3.63, 3.8) is 0 Å². The summed E-state index contributed by atoms with van der Waals surface area (Å²) < 4.78 is 5.13. The first kappa shape index (κ1) is 12.8. The fraction of sp³-hybridized carbons (Fsp3) is 0.455. The molecule has 0 saturated carbocycles. The van der Waals surface area contributed by atoms with Gasteiger partial charge in [-0.25, -0.2) is 9.59 Å². The van der Waals surface area contributed by atoms with Crippen molar-refractivity contribution in [2.75, 3.05) is 18.5 Å². The summed E-state index contributed by atoms with van der Waals surface area (Å²) in [6.07, 6.45) is 0.554. The van der Waals surface area contributed by atoms with Crippen LogP contribution in [0.2, 0.25) is 0 Å². The van der Waals surface area contributed by atoms with Gasteiger partial charge in [0.15, 0.2) is 0 Å². The lowest BCUT2D eigenvalue weighted by molar-refractivity contribution is -0.148. The second kappa shape index (κ2) is 5.36. The maximum absolute atomic E-state index is 11.8. The first-order valence-corrected chi connectivity index (χ1v) is 6.49. The van der Waals surface area contributed by atoms with E-state index in [9.17, 15) is 14.7 Å². The molecule has 0 aliphatic carbocycles. The van der Waals surface area contributed by atoms with Crippen LogP contribution in [0, 0.1) is 0 Å². The van der Waals surface area contributed by atoms with Gasteiger partial charge in [-0.15, -0.1) is 0 Å². The van der Waals surface area contributed by atoms with Crippen LogP contribution in [-0.4, -0.2) is 35.9 Å². The molecule has 0 aromatic carbocycles. The Bertz CT molecular complexity index is 426. The minimum Gasteiger partial charge on any atom is -0.480 e. The van der Waals surface area contributed by atoms with E-state index in [1.165, 1.54) is 11.3 Å². The Morgan fingerprint density at radius 1 is 1.39 bits per heavy atom. The molecule has 98 valence electrons. The molecule has 1 aliphatic rings. The molecule has 6 nitrogen and oxygen atoms in total. The number of nitrogens with one attached hydrogen (secondary N) is 2. The minimum atomic E-state index is -1.22. The lowest BCUT2D eigenvalue weighted by Crippen LogP contribution is -2.58. The second-order valence-electron chi connectivity index (χ2n) is 4.09. The molecular formula is C11H14N2O4S. The van der Waals surface area contributed by atoms with E-state index in [-0.39, 0.29) is 12.8 Å². The minimum absolute atomic E-state index is 0.277. The van der Waals surface area contributed by atoms with Crippen LogP contribution >= 0.6 is 11.3 Å². The number of rotatable bonds is 3. The molecule has 0 spiro atoms. The number of carboxylic acid groups (broad SMARTS) is 1. The predicted octanol–water partition coefficient (Wildman–Crippen LogP) is 1.50. The zero-order valence-corrected chi connectivity index (χ0v) is 10.5. The van der Waals surface area contributed by atoms with E-state index in [1.54, 1.807) is 11.4 Å². The summed E-state index contributed by atoms with van der Waals surface area (Å²) in [7, 11) is 0. The van der Waals surface area contributed by atoms with Crippen LogP contribution in [0.4, 0.5) is 10.5 Å². The van der Waals surface area contributed by atoms with Crippen LogP contribution in [0.15, 0.2) is 16.8 Å². The largest absolute Gasteiger partial charge is 0.480 e. The molecule has 1 aromatic rings. The fourth-order valence-electron chi connectivity index (χ4n) is 1.83. The van der Waals surface area contributed by atoms with Crippen molar-refractivity contribution < 1.29 is 19.4 Å². The number of anilines is 1. The van der Waals surface area contributed by atoms with E-state index in [0.29, 0.717) is 18.9 Å². The van der Waals surface area contributed by atoms with Crippen molar-refractivity contribution in [3.05, 3.63) is 16.8 Å². The molecule has 18 heavy (non-hydrogen) atoms. The zero-order valence-electron chi connectivity index (χ0n) is 9.64. The Kier molecular flexibility index (Phi) is 3.83. The smallest absolute Gasteiger partial charge is 0.329 e. The maximum Gasteiger partial charge on any atom is 0.329 e. The predicted molar refractivity (Wildman–Crippen MR) is 66.9 cm³/mol. The lowest BCUT2D eigenvalue weighted by atomic mass is 9.90. The molecular weight excluding hydrogens is 256 g/mol. The molecule has 0 radical (unpaired) electrons. The molecule has 1 fully saturated rings. The Balaban J connectivity index is 2.00. The van der Waals surface area contributed by atoms with Crippen LogP contribution in [0.3, 0.4) is 0 Å². The van der Waals surface area contributed by atoms with Gasteiger partial charge in [0, 0.05) is 31.4 Å². The number of carbonyl (C=O) groups is 2. The Morgan fingerprint density at radius 2 is 2.11 bits per heavy atom. The monoisotopic (exact) mass is 270 g/mol. The van der Waals surface area contributed by atoms with Crippen molar-refractivity contribution in [3.8, 4) is 0 Å². The third-order valence-corrected chi connectivity index (χ3v) is 3.57. The molecule has 0 atom stereocenters. The molecule has 1 aliphatic heterocycles.